The standard InChI is InChI=1S/C15H21NO2S/c1-10(2)9-16-15(18)12(4)19-14-7-5-6-13(8-14)11(3)17/h5-8,10,12H,9H2,1-4H3,(H,16,18). The molecule has 1 N–H and O–H groups in total. The average Bonchev–Trinajstić information content (AvgIpc) is 2.36. The maximum atomic E-state index is 11.9. The third-order valence-electron chi connectivity index (χ3n) is 2.61. The number of hydrogen-bond donors (Lipinski definition) is 1. The molecule has 0 radical (unpaired) electrons. The second-order valence-electron chi connectivity index (χ2n) is 4.98. The highest BCUT2D eigenvalue weighted by molar-refractivity contribution is 8.00. The number of carbonyl (C=O) groups is 2. The van der Waals surface area contributed by atoms with Crippen molar-refractivity contribution >= 4 is 23.5 Å². The minimum atomic E-state index is -0.166. The van der Waals surface area contributed by atoms with E-state index in [0.29, 0.717) is 18.0 Å². The summed E-state index contributed by atoms with van der Waals surface area (Å²) in [5, 5.41) is 2.75. The van der Waals surface area contributed by atoms with Crippen molar-refractivity contribution in [2.24, 2.45) is 5.92 Å². The maximum absolute atomic E-state index is 11.9. The van der Waals surface area contributed by atoms with E-state index in [1.165, 1.54) is 11.8 Å². The molecule has 104 valence electrons. The van der Waals surface area contributed by atoms with Gasteiger partial charge in [0.25, 0.3) is 0 Å². The molecule has 0 saturated heterocycles. The molecule has 0 fully saturated rings. The van der Waals surface area contributed by atoms with Crippen molar-refractivity contribution in [1.29, 1.82) is 0 Å². The van der Waals surface area contributed by atoms with Gasteiger partial charge in [0.2, 0.25) is 5.91 Å². The van der Waals surface area contributed by atoms with Crippen LogP contribution in [-0.4, -0.2) is 23.5 Å². The Balaban J connectivity index is 2.61. The van der Waals surface area contributed by atoms with E-state index in [-0.39, 0.29) is 16.9 Å². The molecule has 1 unspecified atom stereocenters. The van der Waals surface area contributed by atoms with E-state index in [9.17, 15) is 9.59 Å². The molecule has 4 heteroatoms. The first-order chi connectivity index (χ1) is 8.90. The van der Waals surface area contributed by atoms with Crippen LogP contribution in [0.3, 0.4) is 0 Å². The van der Waals surface area contributed by atoms with E-state index >= 15 is 0 Å². The lowest BCUT2D eigenvalue weighted by atomic mass is 10.2. The van der Waals surface area contributed by atoms with Crippen LogP contribution in [0.4, 0.5) is 0 Å². The van der Waals surface area contributed by atoms with Gasteiger partial charge in [0.15, 0.2) is 5.78 Å². The number of amides is 1. The van der Waals surface area contributed by atoms with Gasteiger partial charge in [0.1, 0.15) is 0 Å². The average molecular weight is 279 g/mol. The minimum absolute atomic E-state index is 0.0342. The zero-order valence-corrected chi connectivity index (χ0v) is 12.7. The van der Waals surface area contributed by atoms with Gasteiger partial charge in [-0.05, 0) is 31.9 Å². The molecule has 0 bridgehead atoms. The van der Waals surface area contributed by atoms with Gasteiger partial charge < -0.3 is 5.32 Å². The van der Waals surface area contributed by atoms with E-state index < -0.39 is 0 Å². The third-order valence-corrected chi connectivity index (χ3v) is 3.70. The zero-order valence-electron chi connectivity index (χ0n) is 11.9. The highest BCUT2D eigenvalue weighted by Gasteiger charge is 2.14. The van der Waals surface area contributed by atoms with Crippen LogP contribution in [-0.2, 0) is 4.79 Å². The second kappa shape index (κ2) is 7.34. The number of thioether (sulfide) groups is 1. The van der Waals surface area contributed by atoms with Crippen molar-refractivity contribution in [2.75, 3.05) is 6.54 Å². The fourth-order valence-corrected chi connectivity index (χ4v) is 2.45. The van der Waals surface area contributed by atoms with Gasteiger partial charge >= 0.3 is 0 Å². The first-order valence-electron chi connectivity index (χ1n) is 6.45. The molecule has 0 spiro atoms. The fraction of sp³-hybridized carbons (Fsp3) is 0.467. The molecule has 1 aromatic rings. The van der Waals surface area contributed by atoms with Gasteiger partial charge in [-0.15, -0.1) is 11.8 Å². The highest BCUT2D eigenvalue weighted by atomic mass is 32.2. The molecule has 3 nitrogen and oxygen atoms in total. The van der Waals surface area contributed by atoms with Crippen LogP contribution in [0, 0.1) is 5.92 Å². The topological polar surface area (TPSA) is 46.2 Å². The van der Waals surface area contributed by atoms with Gasteiger partial charge in [0.05, 0.1) is 5.25 Å². The van der Waals surface area contributed by atoms with Gasteiger partial charge in [-0.1, -0.05) is 26.0 Å². The molecule has 0 aliphatic heterocycles. The van der Waals surface area contributed by atoms with Gasteiger partial charge in [-0.3, -0.25) is 9.59 Å². The summed E-state index contributed by atoms with van der Waals surface area (Å²) in [6.45, 7) is 8.24. The normalized spacial score (nSPS) is 12.3. The Hall–Kier alpha value is -1.29. The van der Waals surface area contributed by atoms with Crippen LogP contribution in [0.2, 0.25) is 0 Å². The number of nitrogens with one attached hydrogen (secondary N) is 1. The minimum Gasteiger partial charge on any atom is -0.355 e. The van der Waals surface area contributed by atoms with Crippen molar-refractivity contribution < 1.29 is 9.59 Å². The molecule has 1 amide bonds. The summed E-state index contributed by atoms with van der Waals surface area (Å²) in [6.07, 6.45) is 0. The van der Waals surface area contributed by atoms with E-state index in [0.717, 1.165) is 4.90 Å². The Bertz CT molecular complexity index is 457. The molecule has 1 rings (SSSR count). The molecular weight excluding hydrogens is 258 g/mol. The van der Waals surface area contributed by atoms with Crippen molar-refractivity contribution in [1.82, 2.24) is 5.32 Å². The number of Topliss-reactive ketones (excluding diaryl/α,β-unsaturated/α-hetero) is 1. The number of benzene rings is 1. The first kappa shape index (κ1) is 15.8. The predicted octanol–water partition coefficient (Wildman–Crippen LogP) is 3.14. The first-order valence-corrected chi connectivity index (χ1v) is 7.33. The molecule has 1 atom stereocenters. The Morgan fingerprint density at radius 2 is 1.95 bits per heavy atom. The lowest BCUT2D eigenvalue weighted by molar-refractivity contribution is -0.120. The number of ketones is 1. The Kier molecular flexibility index (Phi) is 6.09. The number of rotatable bonds is 6. The summed E-state index contributed by atoms with van der Waals surface area (Å²) in [5.41, 5.74) is 0.680. The van der Waals surface area contributed by atoms with Crippen LogP contribution in [0.5, 0.6) is 0 Å². The summed E-state index contributed by atoms with van der Waals surface area (Å²) < 4.78 is 0. The molecule has 0 heterocycles. The molecular formula is C15H21NO2S. The van der Waals surface area contributed by atoms with E-state index in [4.69, 9.17) is 0 Å². The quantitative estimate of drug-likeness (QED) is 0.643. The summed E-state index contributed by atoms with van der Waals surface area (Å²) in [6, 6.07) is 7.39. The van der Waals surface area contributed by atoms with E-state index in [1.54, 1.807) is 13.0 Å². The molecule has 0 aliphatic carbocycles. The van der Waals surface area contributed by atoms with Gasteiger partial charge in [-0.2, -0.15) is 0 Å². The van der Waals surface area contributed by atoms with Gasteiger partial charge in [0, 0.05) is 17.0 Å². The molecule has 0 saturated carbocycles. The van der Waals surface area contributed by atoms with Crippen molar-refractivity contribution in [3.63, 3.8) is 0 Å². The maximum Gasteiger partial charge on any atom is 0.233 e. The molecule has 1 aromatic carbocycles. The fourth-order valence-electron chi connectivity index (χ4n) is 1.49. The monoisotopic (exact) mass is 279 g/mol. The summed E-state index contributed by atoms with van der Waals surface area (Å²) in [5.74, 6) is 0.522. The van der Waals surface area contributed by atoms with Crippen LogP contribution in [0.15, 0.2) is 29.2 Å². The SMILES string of the molecule is CC(=O)c1cccc(SC(C)C(=O)NCC(C)C)c1. The van der Waals surface area contributed by atoms with Crippen molar-refractivity contribution in [3.8, 4) is 0 Å². The zero-order chi connectivity index (χ0) is 14.4. The second-order valence-corrected chi connectivity index (χ2v) is 6.40. The van der Waals surface area contributed by atoms with Crippen LogP contribution < -0.4 is 5.32 Å². The Labute approximate surface area is 119 Å². The van der Waals surface area contributed by atoms with Crippen molar-refractivity contribution in [3.05, 3.63) is 29.8 Å². The lowest BCUT2D eigenvalue weighted by Crippen LogP contribution is -2.33. The smallest absolute Gasteiger partial charge is 0.233 e. The highest BCUT2D eigenvalue weighted by Crippen LogP contribution is 2.24. The van der Waals surface area contributed by atoms with Crippen LogP contribution in [0.1, 0.15) is 38.1 Å². The van der Waals surface area contributed by atoms with Gasteiger partial charge in [-0.25, -0.2) is 0 Å². The molecule has 19 heavy (non-hydrogen) atoms. The number of hydrogen-bond acceptors (Lipinski definition) is 3. The summed E-state index contributed by atoms with van der Waals surface area (Å²) in [4.78, 5) is 24.1. The van der Waals surface area contributed by atoms with E-state index in [2.05, 4.69) is 19.2 Å². The van der Waals surface area contributed by atoms with Crippen LogP contribution >= 0.6 is 11.8 Å². The predicted molar refractivity (Wildman–Crippen MR) is 79.6 cm³/mol. The number of carbonyl (C=O) groups excluding carboxylic acids is 2. The Morgan fingerprint density at radius 1 is 1.26 bits per heavy atom. The van der Waals surface area contributed by atoms with Crippen molar-refractivity contribution in [2.45, 2.75) is 37.8 Å². The summed E-state index contributed by atoms with van der Waals surface area (Å²) >= 11 is 1.47. The molecule has 0 aromatic heterocycles. The van der Waals surface area contributed by atoms with E-state index in [1.807, 2.05) is 25.1 Å². The third kappa shape index (κ3) is 5.47. The lowest BCUT2D eigenvalue weighted by Gasteiger charge is -2.13. The molecule has 0 aliphatic rings. The largest absolute Gasteiger partial charge is 0.355 e. The summed E-state index contributed by atoms with van der Waals surface area (Å²) in [7, 11) is 0. The van der Waals surface area contributed by atoms with Crippen LogP contribution in [0.25, 0.3) is 0 Å². The Morgan fingerprint density at radius 3 is 2.53 bits per heavy atom.